The summed E-state index contributed by atoms with van der Waals surface area (Å²) in [6.45, 7) is 1.82. The van der Waals surface area contributed by atoms with Crippen LogP contribution in [-0.4, -0.2) is 20.9 Å². The van der Waals surface area contributed by atoms with Crippen LogP contribution >= 0.6 is 11.3 Å². The Morgan fingerprint density at radius 3 is 2.77 bits per heavy atom. The van der Waals surface area contributed by atoms with Crippen molar-refractivity contribution >= 4 is 33.3 Å². The van der Waals surface area contributed by atoms with Crippen molar-refractivity contribution in [3.63, 3.8) is 0 Å². The van der Waals surface area contributed by atoms with E-state index in [-0.39, 0.29) is 12.3 Å². The molecule has 0 spiro atoms. The molecule has 7 heteroatoms. The molecule has 0 saturated carbocycles. The maximum atomic E-state index is 12.6. The zero-order chi connectivity index (χ0) is 20.5. The van der Waals surface area contributed by atoms with Gasteiger partial charge in [0.15, 0.2) is 5.13 Å². The van der Waals surface area contributed by atoms with Crippen LogP contribution in [0.2, 0.25) is 0 Å². The second-order valence-corrected chi connectivity index (χ2v) is 7.76. The van der Waals surface area contributed by atoms with Crippen LogP contribution in [0.25, 0.3) is 33.6 Å². The number of H-pyrrole nitrogens is 1. The average Bonchev–Trinajstić information content (AvgIpc) is 3.48. The van der Waals surface area contributed by atoms with Crippen molar-refractivity contribution < 1.29 is 9.21 Å². The molecule has 6 nitrogen and oxygen atoms in total. The number of nitrogens with zero attached hydrogens (tertiary/aromatic N) is 2. The Bertz CT molecular complexity index is 1330. The third-order valence-corrected chi connectivity index (χ3v) is 5.61. The summed E-state index contributed by atoms with van der Waals surface area (Å²) in [7, 11) is 0. The average molecular weight is 414 g/mol. The minimum Gasteiger partial charge on any atom is -0.441 e. The number of carbonyl (C=O) groups excluding carboxylic acids is 1. The SMILES string of the molecule is Cc1oc(-c2ccccc2)nc1CC(=O)Nc1nc(-c2c[nH]c3ccccc23)cs1. The van der Waals surface area contributed by atoms with E-state index in [4.69, 9.17) is 4.42 Å². The minimum atomic E-state index is -0.175. The van der Waals surface area contributed by atoms with Gasteiger partial charge in [0, 0.05) is 33.6 Å². The Morgan fingerprint density at radius 1 is 1.10 bits per heavy atom. The highest BCUT2D eigenvalue weighted by Gasteiger charge is 2.16. The van der Waals surface area contributed by atoms with Crippen LogP contribution < -0.4 is 5.32 Å². The topological polar surface area (TPSA) is 83.8 Å². The first-order valence-electron chi connectivity index (χ1n) is 9.51. The van der Waals surface area contributed by atoms with E-state index in [1.54, 1.807) is 0 Å². The van der Waals surface area contributed by atoms with E-state index in [1.807, 2.05) is 67.0 Å². The van der Waals surface area contributed by atoms with Gasteiger partial charge in [0.25, 0.3) is 0 Å². The van der Waals surface area contributed by atoms with E-state index < -0.39 is 0 Å². The molecule has 2 aromatic carbocycles. The van der Waals surface area contributed by atoms with Crippen LogP contribution in [0.3, 0.4) is 0 Å². The quantitative estimate of drug-likeness (QED) is 0.401. The zero-order valence-corrected chi connectivity index (χ0v) is 17.0. The Kier molecular flexibility index (Phi) is 4.65. The van der Waals surface area contributed by atoms with Gasteiger partial charge in [0.05, 0.1) is 17.8 Å². The number of anilines is 1. The van der Waals surface area contributed by atoms with Crippen molar-refractivity contribution in [2.75, 3.05) is 5.32 Å². The number of carbonyl (C=O) groups is 1. The van der Waals surface area contributed by atoms with Crippen molar-refractivity contribution in [2.24, 2.45) is 0 Å². The Labute approximate surface area is 176 Å². The van der Waals surface area contributed by atoms with E-state index in [2.05, 4.69) is 26.3 Å². The highest BCUT2D eigenvalue weighted by Crippen LogP contribution is 2.31. The van der Waals surface area contributed by atoms with Crippen molar-refractivity contribution in [2.45, 2.75) is 13.3 Å². The van der Waals surface area contributed by atoms with E-state index in [1.165, 1.54) is 11.3 Å². The summed E-state index contributed by atoms with van der Waals surface area (Å²) in [4.78, 5) is 24.9. The van der Waals surface area contributed by atoms with Crippen LogP contribution in [0, 0.1) is 6.92 Å². The number of rotatable bonds is 5. The minimum absolute atomic E-state index is 0.129. The van der Waals surface area contributed by atoms with Gasteiger partial charge >= 0.3 is 0 Å². The van der Waals surface area contributed by atoms with Crippen LogP contribution in [0.5, 0.6) is 0 Å². The first-order chi connectivity index (χ1) is 14.7. The molecule has 0 saturated heterocycles. The molecule has 0 aliphatic carbocycles. The van der Waals surface area contributed by atoms with Crippen molar-refractivity contribution in [3.8, 4) is 22.7 Å². The number of hydrogen-bond donors (Lipinski definition) is 2. The molecule has 0 bridgehead atoms. The number of oxazole rings is 1. The van der Waals surface area contributed by atoms with E-state index >= 15 is 0 Å². The Balaban J connectivity index is 1.31. The summed E-state index contributed by atoms with van der Waals surface area (Å²) in [5, 5.41) is 6.48. The molecule has 0 aliphatic heterocycles. The summed E-state index contributed by atoms with van der Waals surface area (Å²) in [5.74, 6) is 0.986. The lowest BCUT2D eigenvalue weighted by Gasteiger charge is -2.00. The van der Waals surface area contributed by atoms with Gasteiger partial charge in [-0.05, 0) is 25.1 Å². The lowest BCUT2D eigenvalue weighted by atomic mass is 10.1. The number of fused-ring (bicyclic) bond motifs is 1. The highest BCUT2D eigenvalue weighted by atomic mass is 32.1. The number of benzene rings is 2. The molecule has 2 N–H and O–H groups in total. The number of hydrogen-bond acceptors (Lipinski definition) is 5. The molecule has 0 radical (unpaired) electrons. The highest BCUT2D eigenvalue weighted by molar-refractivity contribution is 7.14. The van der Waals surface area contributed by atoms with Gasteiger partial charge in [-0.25, -0.2) is 9.97 Å². The number of para-hydroxylation sites is 1. The number of thiazole rings is 1. The molecule has 148 valence electrons. The fourth-order valence-electron chi connectivity index (χ4n) is 3.35. The summed E-state index contributed by atoms with van der Waals surface area (Å²) < 4.78 is 5.74. The number of aromatic amines is 1. The van der Waals surface area contributed by atoms with Crippen LogP contribution in [0.15, 0.2) is 70.6 Å². The van der Waals surface area contributed by atoms with E-state index in [0.717, 1.165) is 27.7 Å². The van der Waals surface area contributed by atoms with Crippen molar-refractivity contribution in [3.05, 3.63) is 77.6 Å². The number of aryl methyl sites for hydroxylation is 1. The van der Waals surface area contributed by atoms with Gasteiger partial charge in [-0.3, -0.25) is 4.79 Å². The van der Waals surface area contributed by atoms with Crippen LogP contribution in [0.4, 0.5) is 5.13 Å². The van der Waals surface area contributed by atoms with Gasteiger partial charge in [0.2, 0.25) is 11.8 Å². The Morgan fingerprint density at radius 2 is 1.90 bits per heavy atom. The first kappa shape index (κ1) is 18.3. The first-order valence-corrected chi connectivity index (χ1v) is 10.4. The van der Waals surface area contributed by atoms with Crippen molar-refractivity contribution in [1.82, 2.24) is 15.0 Å². The molecule has 0 unspecified atom stereocenters. The molecule has 1 amide bonds. The molecule has 0 fully saturated rings. The second kappa shape index (κ2) is 7.61. The fourth-order valence-corrected chi connectivity index (χ4v) is 4.08. The van der Waals surface area contributed by atoms with E-state index in [0.29, 0.717) is 22.5 Å². The molecule has 5 rings (SSSR count). The summed E-state index contributed by atoms with van der Waals surface area (Å²) in [6, 6.07) is 17.7. The molecular weight excluding hydrogens is 396 g/mol. The maximum Gasteiger partial charge on any atom is 0.232 e. The van der Waals surface area contributed by atoms with Gasteiger partial charge in [-0.1, -0.05) is 36.4 Å². The van der Waals surface area contributed by atoms with Crippen LogP contribution in [-0.2, 0) is 11.2 Å². The molecule has 0 aliphatic rings. The van der Waals surface area contributed by atoms with Crippen LogP contribution in [0.1, 0.15) is 11.5 Å². The largest absolute Gasteiger partial charge is 0.441 e. The third-order valence-electron chi connectivity index (χ3n) is 4.86. The predicted octanol–water partition coefficient (Wildman–Crippen LogP) is 5.44. The van der Waals surface area contributed by atoms with Crippen molar-refractivity contribution in [1.29, 1.82) is 0 Å². The predicted molar refractivity (Wildman–Crippen MR) is 118 cm³/mol. The standard InChI is InChI=1S/C23H18N4O2S/c1-14-19(25-22(29-14)15-7-3-2-4-8-15)11-21(28)27-23-26-20(13-30-23)17-12-24-18-10-6-5-9-16(17)18/h2-10,12-13,24H,11H2,1H3,(H,26,27,28). The second-order valence-electron chi connectivity index (χ2n) is 6.90. The molecule has 3 aromatic heterocycles. The fraction of sp³-hybridized carbons (Fsp3) is 0.0870. The smallest absolute Gasteiger partial charge is 0.232 e. The lowest BCUT2D eigenvalue weighted by Crippen LogP contribution is -2.15. The van der Waals surface area contributed by atoms with Gasteiger partial charge in [-0.2, -0.15) is 0 Å². The van der Waals surface area contributed by atoms with Gasteiger partial charge < -0.3 is 14.7 Å². The molecule has 5 aromatic rings. The van der Waals surface area contributed by atoms with Gasteiger partial charge in [-0.15, -0.1) is 11.3 Å². The zero-order valence-electron chi connectivity index (χ0n) is 16.2. The molecule has 0 atom stereocenters. The molecule has 3 heterocycles. The maximum absolute atomic E-state index is 12.6. The Hall–Kier alpha value is -3.71. The lowest BCUT2D eigenvalue weighted by molar-refractivity contribution is -0.115. The number of nitrogens with one attached hydrogen (secondary N) is 2. The number of aromatic nitrogens is 3. The molecule has 30 heavy (non-hydrogen) atoms. The monoisotopic (exact) mass is 414 g/mol. The van der Waals surface area contributed by atoms with E-state index in [9.17, 15) is 4.79 Å². The van der Waals surface area contributed by atoms with Gasteiger partial charge in [0.1, 0.15) is 5.76 Å². The summed E-state index contributed by atoms with van der Waals surface area (Å²) >= 11 is 1.40. The molecular formula is C23H18N4O2S. The third kappa shape index (κ3) is 3.51. The summed E-state index contributed by atoms with van der Waals surface area (Å²) in [5.41, 5.74) is 4.41. The normalized spacial score (nSPS) is 11.1. The summed E-state index contributed by atoms with van der Waals surface area (Å²) in [6.07, 6.45) is 2.07. The number of amides is 1.